The summed E-state index contributed by atoms with van der Waals surface area (Å²) < 4.78 is 10.4. The first-order valence-corrected chi connectivity index (χ1v) is 7.18. The van der Waals surface area contributed by atoms with Gasteiger partial charge in [0.1, 0.15) is 0 Å². The lowest BCUT2D eigenvalue weighted by atomic mass is 9.80. The van der Waals surface area contributed by atoms with Crippen LogP contribution in [0.25, 0.3) is 0 Å². The Hall–Kier alpha value is -2.96. The SMILES string of the molecule is COc1ccc(C2C(C(=O)O)=C(C)NC(C)=C2C(=O)O)cc1OC. The number of allylic oxidation sites excluding steroid dienone is 2. The molecule has 0 fully saturated rings. The molecule has 0 radical (unpaired) electrons. The highest BCUT2D eigenvalue weighted by Gasteiger charge is 2.36. The second kappa shape index (κ2) is 6.66. The van der Waals surface area contributed by atoms with Crippen LogP contribution >= 0.6 is 0 Å². The third-order valence-electron chi connectivity index (χ3n) is 3.96. The van der Waals surface area contributed by atoms with Crippen LogP contribution in [0.2, 0.25) is 0 Å². The van der Waals surface area contributed by atoms with Gasteiger partial charge >= 0.3 is 11.9 Å². The van der Waals surface area contributed by atoms with E-state index in [-0.39, 0.29) is 11.1 Å². The number of rotatable bonds is 5. The van der Waals surface area contributed by atoms with Crippen molar-refractivity contribution in [2.24, 2.45) is 0 Å². The van der Waals surface area contributed by atoms with Gasteiger partial charge in [-0.3, -0.25) is 0 Å². The topological polar surface area (TPSA) is 105 Å². The first-order valence-electron chi connectivity index (χ1n) is 7.18. The van der Waals surface area contributed by atoms with Gasteiger partial charge in [0.25, 0.3) is 0 Å². The van der Waals surface area contributed by atoms with E-state index in [0.717, 1.165) is 0 Å². The molecule has 0 bridgehead atoms. The molecule has 0 unspecified atom stereocenters. The Kier molecular flexibility index (Phi) is 4.82. The van der Waals surface area contributed by atoms with Gasteiger partial charge < -0.3 is 25.0 Å². The van der Waals surface area contributed by atoms with Gasteiger partial charge in [0.15, 0.2) is 11.5 Å². The Morgan fingerprint density at radius 1 is 0.958 bits per heavy atom. The number of aliphatic carboxylic acids is 2. The van der Waals surface area contributed by atoms with Gasteiger partial charge in [0.2, 0.25) is 0 Å². The number of carboxylic acid groups (broad SMARTS) is 2. The van der Waals surface area contributed by atoms with Crippen LogP contribution in [0.4, 0.5) is 0 Å². The molecular formula is C17H19NO6. The zero-order valence-corrected chi connectivity index (χ0v) is 13.8. The normalized spacial score (nSPS) is 15.2. The molecule has 0 aliphatic carbocycles. The van der Waals surface area contributed by atoms with Gasteiger partial charge in [-0.1, -0.05) is 6.07 Å². The molecule has 0 saturated heterocycles. The second-order valence-electron chi connectivity index (χ2n) is 5.36. The maximum atomic E-state index is 11.7. The summed E-state index contributed by atoms with van der Waals surface area (Å²) in [6, 6.07) is 4.87. The maximum absolute atomic E-state index is 11.7. The maximum Gasteiger partial charge on any atom is 0.334 e. The smallest absolute Gasteiger partial charge is 0.334 e. The highest BCUT2D eigenvalue weighted by molar-refractivity contribution is 5.98. The highest BCUT2D eigenvalue weighted by atomic mass is 16.5. The minimum Gasteiger partial charge on any atom is -0.493 e. The Morgan fingerprint density at radius 3 is 1.88 bits per heavy atom. The van der Waals surface area contributed by atoms with Crippen LogP contribution in [-0.2, 0) is 9.59 Å². The summed E-state index contributed by atoms with van der Waals surface area (Å²) in [4.78, 5) is 23.5. The number of dihydropyridines is 1. The molecule has 1 heterocycles. The fourth-order valence-electron chi connectivity index (χ4n) is 2.93. The minimum atomic E-state index is -1.17. The summed E-state index contributed by atoms with van der Waals surface area (Å²) in [5.41, 5.74) is 1.30. The third-order valence-corrected chi connectivity index (χ3v) is 3.96. The van der Waals surface area contributed by atoms with Gasteiger partial charge in [-0.15, -0.1) is 0 Å². The molecule has 0 saturated carbocycles. The Bertz CT molecular complexity index is 726. The molecule has 2 rings (SSSR count). The van der Waals surface area contributed by atoms with Crippen molar-refractivity contribution in [3.63, 3.8) is 0 Å². The average molecular weight is 333 g/mol. The van der Waals surface area contributed by atoms with Gasteiger partial charge in [-0.25, -0.2) is 9.59 Å². The lowest BCUT2D eigenvalue weighted by molar-refractivity contribution is -0.133. The van der Waals surface area contributed by atoms with Crippen LogP contribution in [0.15, 0.2) is 40.7 Å². The Morgan fingerprint density at radius 2 is 1.46 bits per heavy atom. The number of carboxylic acids is 2. The minimum absolute atomic E-state index is 0.00906. The molecule has 128 valence electrons. The van der Waals surface area contributed by atoms with E-state index in [2.05, 4.69) is 5.32 Å². The van der Waals surface area contributed by atoms with Crippen LogP contribution in [-0.4, -0.2) is 36.4 Å². The van der Waals surface area contributed by atoms with E-state index < -0.39 is 17.9 Å². The number of ether oxygens (including phenoxy) is 2. The van der Waals surface area contributed by atoms with Gasteiger partial charge in [0, 0.05) is 11.4 Å². The molecule has 1 aliphatic rings. The predicted octanol–water partition coefficient (Wildman–Crippen LogP) is 2.11. The number of benzene rings is 1. The molecule has 1 aliphatic heterocycles. The van der Waals surface area contributed by atoms with Crippen molar-refractivity contribution in [2.75, 3.05) is 14.2 Å². The van der Waals surface area contributed by atoms with Gasteiger partial charge in [0.05, 0.1) is 31.3 Å². The molecule has 24 heavy (non-hydrogen) atoms. The van der Waals surface area contributed by atoms with Crippen molar-refractivity contribution in [3.8, 4) is 11.5 Å². The van der Waals surface area contributed by atoms with Crippen molar-refractivity contribution < 1.29 is 29.3 Å². The summed E-state index contributed by atoms with van der Waals surface area (Å²) >= 11 is 0. The molecule has 7 heteroatoms. The van der Waals surface area contributed by atoms with E-state index in [9.17, 15) is 19.8 Å². The molecular weight excluding hydrogens is 314 g/mol. The Labute approximate surface area is 139 Å². The highest BCUT2D eigenvalue weighted by Crippen LogP contribution is 2.41. The van der Waals surface area contributed by atoms with Crippen LogP contribution in [0.1, 0.15) is 25.3 Å². The molecule has 0 aromatic heterocycles. The van der Waals surface area contributed by atoms with Crippen LogP contribution in [0.3, 0.4) is 0 Å². The number of carbonyl (C=O) groups is 2. The average Bonchev–Trinajstić information content (AvgIpc) is 2.52. The van der Waals surface area contributed by atoms with Crippen LogP contribution < -0.4 is 14.8 Å². The predicted molar refractivity (Wildman–Crippen MR) is 86.1 cm³/mol. The van der Waals surface area contributed by atoms with Crippen molar-refractivity contribution >= 4 is 11.9 Å². The van der Waals surface area contributed by atoms with E-state index in [1.54, 1.807) is 32.0 Å². The molecule has 0 atom stereocenters. The zero-order valence-electron chi connectivity index (χ0n) is 13.8. The summed E-state index contributed by atoms with van der Waals surface area (Å²) in [5, 5.41) is 22.0. The van der Waals surface area contributed by atoms with Crippen LogP contribution in [0, 0.1) is 0 Å². The lowest BCUT2D eigenvalue weighted by Gasteiger charge is -2.29. The third kappa shape index (κ3) is 2.92. The lowest BCUT2D eigenvalue weighted by Crippen LogP contribution is -2.31. The van der Waals surface area contributed by atoms with E-state index in [1.807, 2.05) is 0 Å². The fourth-order valence-corrected chi connectivity index (χ4v) is 2.93. The first kappa shape index (κ1) is 17.4. The molecule has 0 amide bonds. The quantitative estimate of drug-likeness (QED) is 0.758. The molecule has 3 N–H and O–H groups in total. The molecule has 1 aromatic carbocycles. The standard InChI is InChI=1S/C17H19NO6/c1-8-13(16(19)20)15(14(17(21)22)9(2)18-8)10-5-6-11(23-3)12(7-10)24-4/h5-7,15,18H,1-4H3,(H,19,20)(H,21,22). The largest absolute Gasteiger partial charge is 0.493 e. The fraction of sp³-hybridized carbons (Fsp3) is 0.294. The van der Waals surface area contributed by atoms with E-state index in [1.165, 1.54) is 14.2 Å². The second-order valence-corrected chi connectivity index (χ2v) is 5.36. The van der Waals surface area contributed by atoms with Gasteiger partial charge in [-0.05, 0) is 31.5 Å². The monoisotopic (exact) mass is 333 g/mol. The van der Waals surface area contributed by atoms with E-state index in [0.29, 0.717) is 28.5 Å². The summed E-state index contributed by atoms with van der Waals surface area (Å²) in [7, 11) is 2.95. The number of hydrogen-bond acceptors (Lipinski definition) is 5. The molecule has 1 aromatic rings. The van der Waals surface area contributed by atoms with Crippen molar-refractivity contribution in [1.29, 1.82) is 0 Å². The number of methoxy groups -OCH3 is 2. The van der Waals surface area contributed by atoms with Crippen LogP contribution in [0.5, 0.6) is 11.5 Å². The zero-order chi connectivity index (χ0) is 18.0. The van der Waals surface area contributed by atoms with Crippen molar-refractivity contribution in [3.05, 3.63) is 46.3 Å². The Balaban J connectivity index is 2.71. The summed E-state index contributed by atoms with van der Waals surface area (Å²) in [6.07, 6.45) is 0. The van der Waals surface area contributed by atoms with E-state index >= 15 is 0 Å². The number of nitrogens with one attached hydrogen (secondary N) is 1. The molecule has 7 nitrogen and oxygen atoms in total. The number of hydrogen-bond donors (Lipinski definition) is 3. The van der Waals surface area contributed by atoms with Gasteiger partial charge in [-0.2, -0.15) is 0 Å². The van der Waals surface area contributed by atoms with E-state index in [4.69, 9.17) is 9.47 Å². The van der Waals surface area contributed by atoms with Crippen molar-refractivity contribution in [1.82, 2.24) is 5.32 Å². The summed E-state index contributed by atoms with van der Waals surface area (Å²) in [6.45, 7) is 3.22. The van der Waals surface area contributed by atoms with Crippen molar-refractivity contribution in [2.45, 2.75) is 19.8 Å². The molecule has 0 spiro atoms. The first-order chi connectivity index (χ1) is 11.3. The summed E-state index contributed by atoms with van der Waals surface area (Å²) in [5.74, 6) is -2.39.